The van der Waals surface area contributed by atoms with Crippen LogP contribution in [0, 0.1) is 11.6 Å². The van der Waals surface area contributed by atoms with Crippen molar-refractivity contribution in [3.8, 4) is 16.9 Å². The van der Waals surface area contributed by atoms with Crippen molar-refractivity contribution in [1.82, 2.24) is 14.7 Å². The monoisotopic (exact) mass is 445 g/mol. The van der Waals surface area contributed by atoms with E-state index >= 15 is 0 Å². The molecule has 1 aromatic heterocycles. The number of aromatic nitrogens is 2. The van der Waals surface area contributed by atoms with Gasteiger partial charge in [0.15, 0.2) is 0 Å². The molecule has 7 heteroatoms. The van der Waals surface area contributed by atoms with E-state index < -0.39 is 11.6 Å². The summed E-state index contributed by atoms with van der Waals surface area (Å²) < 4.78 is 35.3. The lowest BCUT2D eigenvalue weighted by Crippen LogP contribution is -2.23. The molecule has 0 N–H and O–H groups in total. The number of hydrogen-bond donors (Lipinski definition) is 0. The summed E-state index contributed by atoms with van der Waals surface area (Å²) in [6, 6.07) is 17.0. The van der Waals surface area contributed by atoms with Crippen molar-refractivity contribution in [3.05, 3.63) is 107 Å². The number of carbonyl (C=O) groups is 1. The third-order valence-corrected chi connectivity index (χ3v) is 5.77. The first-order chi connectivity index (χ1) is 16.0. The molecular formula is C26H21F2N3O2. The first kappa shape index (κ1) is 20.9. The molecule has 4 aromatic rings. The van der Waals surface area contributed by atoms with Gasteiger partial charge < -0.3 is 9.64 Å². The maximum Gasteiger partial charge on any atom is 0.258 e. The zero-order valence-electron chi connectivity index (χ0n) is 18.0. The molecule has 0 aliphatic carbocycles. The number of halogens is 2. The number of carbonyl (C=O) groups excluding carboxylic acids is 1. The van der Waals surface area contributed by atoms with E-state index in [4.69, 9.17) is 4.74 Å². The van der Waals surface area contributed by atoms with Gasteiger partial charge in [-0.3, -0.25) is 9.48 Å². The van der Waals surface area contributed by atoms with Gasteiger partial charge in [0.05, 0.1) is 17.3 Å². The van der Waals surface area contributed by atoms with E-state index in [0.29, 0.717) is 24.4 Å². The van der Waals surface area contributed by atoms with Crippen molar-refractivity contribution in [3.63, 3.8) is 0 Å². The smallest absolute Gasteiger partial charge is 0.258 e. The standard InChI is InChI=1S/C26H21F2N3O2/c1-30-14-20(12-29-30)18-10-8-17(9-11-18)13-31-15-19-4-2-7-24(25(19)26(31)32)33-16-21-22(27)5-3-6-23(21)28/h2-12,14H,13,15-16H2,1H3. The van der Waals surface area contributed by atoms with Crippen molar-refractivity contribution >= 4 is 5.91 Å². The number of rotatable bonds is 6. The largest absolute Gasteiger partial charge is 0.488 e. The molecule has 5 rings (SSSR count). The zero-order valence-corrected chi connectivity index (χ0v) is 18.0. The lowest BCUT2D eigenvalue weighted by Gasteiger charge is -2.16. The number of benzene rings is 3. The van der Waals surface area contributed by atoms with Gasteiger partial charge in [-0.05, 0) is 34.9 Å². The first-order valence-corrected chi connectivity index (χ1v) is 10.5. The molecule has 0 saturated carbocycles. The van der Waals surface area contributed by atoms with Gasteiger partial charge in [-0.2, -0.15) is 5.10 Å². The van der Waals surface area contributed by atoms with Gasteiger partial charge in [-0.25, -0.2) is 8.78 Å². The predicted octanol–water partition coefficient (Wildman–Crippen LogP) is 5.10. The second kappa shape index (κ2) is 8.50. The average Bonchev–Trinajstić information content (AvgIpc) is 3.38. The number of nitrogens with zero attached hydrogens (tertiary/aromatic N) is 3. The third-order valence-electron chi connectivity index (χ3n) is 5.77. The molecule has 0 radical (unpaired) electrons. The molecule has 166 valence electrons. The Morgan fingerprint density at radius 3 is 2.39 bits per heavy atom. The summed E-state index contributed by atoms with van der Waals surface area (Å²) in [5, 5.41) is 4.19. The van der Waals surface area contributed by atoms with Crippen LogP contribution in [0.2, 0.25) is 0 Å². The third kappa shape index (κ3) is 4.09. The number of fused-ring (bicyclic) bond motifs is 1. The minimum atomic E-state index is -0.676. The number of aryl methyl sites for hydroxylation is 1. The van der Waals surface area contributed by atoms with Crippen molar-refractivity contribution in [2.45, 2.75) is 19.7 Å². The van der Waals surface area contributed by atoms with Crippen LogP contribution in [0.25, 0.3) is 11.1 Å². The maximum atomic E-state index is 13.9. The molecule has 0 unspecified atom stereocenters. The Morgan fingerprint density at radius 2 is 1.70 bits per heavy atom. The summed E-state index contributed by atoms with van der Waals surface area (Å²) >= 11 is 0. The molecule has 1 aliphatic heterocycles. The van der Waals surface area contributed by atoms with Crippen LogP contribution in [-0.2, 0) is 26.7 Å². The molecule has 0 spiro atoms. The Morgan fingerprint density at radius 1 is 0.970 bits per heavy atom. The van der Waals surface area contributed by atoms with Crippen molar-refractivity contribution in [1.29, 1.82) is 0 Å². The van der Waals surface area contributed by atoms with E-state index in [2.05, 4.69) is 5.10 Å². The molecule has 1 amide bonds. The highest BCUT2D eigenvalue weighted by Crippen LogP contribution is 2.33. The van der Waals surface area contributed by atoms with Crippen LogP contribution in [0.1, 0.15) is 27.0 Å². The molecule has 0 fully saturated rings. The van der Waals surface area contributed by atoms with Gasteiger partial charge in [0.1, 0.15) is 24.0 Å². The molecular weight excluding hydrogens is 424 g/mol. The Kier molecular flexibility index (Phi) is 5.38. The number of ether oxygens (including phenoxy) is 1. The van der Waals surface area contributed by atoms with Crippen LogP contribution in [-0.4, -0.2) is 20.6 Å². The molecule has 5 nitrogen and oxygen atoms in total. The summed E-state index contributed by atoms with van der Waals surface area (Å²) in [7, 11) is 1.87. The maximum absolute atomic E-state index is 13.9. The molecule has 0 saturated heterocycles. The number of hydrogen-bond acceptors (Lipinski definition) is 3. The van der Waals surface area contributed by atoms with Crippen molar-refractivity contribution in [2.24, 2.45) is 7.05 Å². The van der Waals surface area contributed by atoms with Gasteiger partial charge in [0.25, 0.3) is 5.91 Å². The van der Waals surface area contributed by atoms with E-state index in [1.165, 1.54) is 18.2 Å². The SMILES string of the molecule is Cn1cc(-c2ccc(CN3Cc4cccc(OCc5c(F)cccc5F)c4C3=O)cc2)cn1. The fourth-order valence-electron chi connectivity index (χ4n) is 4.05. The quantitative estimate of drug-likeness (QED) is 0.415. The highest BCUT2D eigenvalue weighted by molar-refractivity contribution is 6.01. The van der Waals surface area contributed by atoms with E-state index in [1.54, 1.807) is 21.7 Å². The fourth-order valence-corrected chi connectivity index (χ4v) is 4.05. The van der Waals surface area contributed by atoms with Crippen LogP contribution in [0.3, 0.4) is 0 Å². The highest BCUT2D eigenvalue weighted by atomic mass is 19.1. The van der Waals surface area contributed by atoms with Crippen molar-refractivity contribution in [2.75, 3.05) is 0 Å². The summed E-state index contributed by atoms with van der Waals surface area (Å²) in [5.41, 5.74) is 4.20. The zero-order chi connectivity index (χ0) is 22.9. The van der Waals surface area contributed by atoms with Gasteiger partial charge >= 0.3 is 0 Å². The molecule has 2 heterocycles. The summed E-state index contributed by atoms with van der Waals surface area (Å²) in [4.78, 5) is 14.9. The lowest BCUT2D eigenvalue weighted by atomic mass is 10.1. The van der Waals surface area contributed by atoms with E-state index in [-0.39, 0.29) is 18.1 Å². The van der Waals surface area contributed by atoms with Gasteiger partial charge in [-0.1, -0.05) is 42.5 Å². The summed E-state index contributed by atoms with van der Waals surface area (Å²) in [5.74, 6) is -1.18. The normalized spacial score (nSPS) is 12.8. The second-order valence-corrected chi connectivity index (χ2v) is 8.04. The average molecular weight is 445 g/mol. The molecule has 3 aromatic carbocycles. The van der Waals surface area contributed by atoms with Crippen LogP contribution < -0.4 is 4.74 Å². The minimum Gasteiger partial charge on any atom is -0.488 e. The molecule has 1 aliphatic rings. The van der Waals surface area contributed by atoms with Gasteiger partial charge in [0, 0.05) is 31.9 Å². The summed E-state index contributed by atoms with van der Waals surface area (Å²) in [6.07, 6.45) is 3.76. The van der Waals surface area contributed by atoms with Gasteiger partial charge in [0.2, 0.25) is 0 Å². The van der Waals surface area contributed by atoms with Crippen LogP contribution in [0.4, 0.5) is 8.78 Å². The number of amides is 1. The predicted molar refractivity (Wildman–Crippen MR) is 119 cm³/mol. The minimum absolute atomic E-state index is 0.161. The van der Waals surface area contributed by atoms with Crippen molar-refractivity contribution < 1.29 is 18.3 Å². The Hall–Kier alpha value is -4.00. The first-order valence-electron chi connectivity index (χ1n) is 10.5. The van der Waals surface area contributed by atoms with Crippen LogP contribution in [0.15, 0.2) is 73.1 Å². The fraction of sp³-hybridized carbons (Fsp3) is 0.154. The van der Waals surface area contributed by atoms with Crippen LogP contribution >= 0.6 is 0 Å². The molecule has 0 bridgehead atoms. The van der Waals surface area contributed by atoms with E-state index in [0.717, 1.165) is 22.3 Å². The molecule has 33 heavy (non-hydrogen) atoms. The Bertz CT molecular complexity index is 1310. The Balaban J connectivity index is 1.31. The summed E-state index contributed by atoms with van der Waals surface area (Å²) in [6.45, 7) is 0.601. The lowest BCUT2D eigenvalue weighted by molar-refractivity contribution is 0.0763. The highest BCUT2D eigenvalue weighted by Gasteiger charge is 2.30. The van der Waals surface area contributed by atoms with E-state index in [1.807, 2.05) is 49.8 Å². The van der Waals surface area contributed by atoms with Crippen LogP contribution in [0.5, 0.6) is 5.75 Å². The van der Waals surface area contributed by atoms with E-state index in [9.17, 15) is 13.6 Å². The Labute approximate surface area is 189 Å². The second-order valence-electron chi connectivity index (χ2n) is 8.04. The van der Waals surface area contributed by atoms with Gasteiger partial charge in [-0.15, -0.1) is 0 Å². The molecule has 0 atom stereocenters. The topological polar surface area (TPSA) is 47.4 Å².